The topological polar surface area (TPSA) is 75.5 Å². The van der Waals surface area contributed by atoms with Gasteiger partial charge in [0.1, 0.15) is 12.4 Å². The number of carboxylic acid groups (broad SMARTS) is 1. The third-order valence-electron chi connectivity index (χ3n) is 6.76. The Morgan fingerprint density at radius 3 is 2.42 bits per heavy atom. The summed E-state index contributed by atoms with van der Waals surface area (Å²) in [6, 6.07) is 23.3. The van der Waals surface area contributed by atoms with Crippen LogP contribution in [-0.2, 0) is 19.4 Å². The second-order valence-corrected chi connectivity index (χ2v) is 10.1. The minimum absolute atomic E-state index is 0.121. The molecule has 1 aromatic heterocycles. The Hall–Kier alpha value is -3.61. The van der Waals surface area contributed by atoms with Crippen LogP contribution in [0.1, 0.15) is 51.6 Å². The number of halogens is 2. The monoisotopic (exact) mass is 547 g/mol. The van der Waals surface area contributed by atoms with Crippen molar-refractivity contribution in [1.82, 2.24) is 9.97 Å². The first-order chi connectivity index (χ1) is 18.5. The number of carbonyl (C=O) groups is 1. The van der Waals surface area contributed by atoms with E-state index in [2.05, 4.69) is 9.88 Å². The van der Waals surface area contributed by atoms with Gasteiger partial charge in [-0.15, -0.1) is 0 Å². The van der Waals surface area contributed by atoms with E-state index in [0.29, 0.717) is 41.1 Å². The summed E-state index contributed by atoms with van der Waals surface area (Å²) >= 11 is 12.1. The van der Waals surface area contributed by atoms with Crippen molar-refractivity contribution in [2.75, 3.05) is 11.4 Å². The van der Waals surface area contributed by atoms with Gasteiger partial charge in [-0.2, -0.15) is 0 Å². The molecule has 1 unspecified atom stereocenters. The van der Waals surface area contributed by atoms with Crippen molar-refractivity contribution in [1.29, 1.82) is 0 Å². The van der Waals surface area contributed by atoms with E-state index in [0.717, 1.165) is 41.8 Å². The van der Waals surface area contributed by atoms with Gasteiger partial charge in [0.25, 0.3) is 0 Å². The van der Waals surface area contributed by atoms with Gasteiger partial charge < -0.3 is 14.7 Å². The maximum Gasteiger partial charge on any atom is 0.339 e. The Bertz CT molecular complexity index is 1410. The van der Waals surface area contributed by atoms with Crippen LogP contribution >= 0.6 is 23.2 Å². The van der Waals surface area contributed by atoms with E-state index in [1.807, 2.05) is 72.8 Å². The molecule has 1 fully saturated rings. The summed E-state index contributed by atoms with van der Waals surface area (Å²) in [5, 5.41) is 11.2. The summed E-state index contributed by atoms with van der Waals surface area (Å²) in [4.78, 5) is 23.4. The van der Waals surface area contributed by atoms with E-state index in [1.165, 1.54) is 6.20 Å². The fraction of sp³-hybridized carbons (Fsp3) is 0.233. The third kappa shape index (κ3) is 6.09. The van der Waals surface area contributed by atoms with Gasteiger partial charge in [-0.3, -0.25) is 0 Å². The van der Waals surface area contributed by atoms with Crippen molar-refractivity contribution in [2.45, 2.75) is 38.3 Å². The molecule has 1 atom stereocenters. The number of nitrogens with zero attached hydrogens (tertiary/aromatic N) is 3. The molecule has 4 aromatic rings. The smallest absolute Gasteiger partial charge is 0.339 e. The molecule has 38 heavy (non-hydrogen) atoms. The highest BCUT2D eigenvalue weighted by Gasteiger charge is 2.29. The molecule has 194 valence electrons. The van der Waals surface area contributed by atoms with Crippen molar-refractivity contribution in [3.63, 3.8) is 0 Å². The molecular formula is C30H27Cl2N3O3. The average molecular weight is 548 g/mol. The molecule has 0 saturated carbocycles. The summed E-state index contributed by atoms with van der Waals surface area (Å²) in [5.74, 6) is 0.278. The largest absolute Gasteiger partial charge is 0.489 e. The average Bonchev–Trinajstić information content (AvgIpc) is 3.42. The summed E-state index contributed by atoms with van der Waals surface area (Å²) in [5.41, 5.74) is 3.77. The normalized spacial score (nSPS) is 15.0. The second kappa shape index (κ2) is 11.8. The van der Waals surface area contributed by atoms with E-state index < -0.39 is 5.97 Å². The molecule has 0 bridgehead atoms. The van der Waals surface area contributed by atoms with Gasteiger partial charge in [0.05, 0.1) is 17.3 Å². The Morgan fingerprint density at radius 2 is 1.68 bits per heavy atom. The summed E-state index contributed by atoms with van der Waals surface area (Å²) in [7, 11) is 0. The lowest BCUT2D eigenvalue weighted by molar-refractivity contribution is 0.0694. The molecular weight excluding hydrogens is 521 g/mol. The Kier molecular flexibility index (Phi) is 8.11. The van der Waals surface area contributed by atoms with Gasteiger partial charge in [-0.1, -0.05) is 65.7 Å². The van der Waals surface area contributed by atoms with Crippen LogP contribution in [0.3, 0.4) is 0 Å². The van der Waals surface area contributed by atoms with Crippen LogP contribution in [0.2, 0.25) is 10.0 Å². The number of carboxylic acids is 1. The Morgan fingerprint density at radius 1 is 0.974 bits per heavy atom. The zero-order chi connectivity index (χ0) is 26.5. The van der Waals surface area contributed by atoms with E-state index in [4.69, 9.17) is 32.9 Å². The summed E-state index contributed by atoms with van der Waals surface area (Å²) in [6.07, 6.45) is 4.43. The first-order valence-electron chi connectivity index (χ1n) is 12.5. The van der Waals surface area contributed by atoms with Gasteiger partial charge in [0, 0.05) is 22.8 Å². The zero-order valence-corrected chi connectivity index (χ0v) is 22.2. The lowest BCUT2D eigenvalue weighted by Crippen LogP contribution is -2.25. The number of ether oxygens (including phenoxy) is 1. The van der Waals surface area contributed by atoms with Gasteiger partial charge in [-0.25, -0.2) is 14.8 Å². The van der Waals surface area contributed by atoms with Gasteiger partial charge in [0.2, 0.25) is 5.95 Å². The van der Waals surface area contributed by atoms with Crippen LogP contribution in [0.4, 0.5) is 5.95 Å². The van der Waals surface area contributed by atoms with Crippen LogP contribution in [0, 0.1) is 0 Å². The van der Waals surface area contributed by atoms with E-state index in [1.54, 1.807) is 0 Å². The third-order valence-corrected chi connectivity index (χ3v) is 7.27. The maximum atomic E-state index is 12.0. The van der Waals surface area contributed by atoms with Gasteiger partial charge >= 0.3 is 5.97 Å². The standard InChI is InChI=1S/C30H27Cl2N3O3/c31-23-12-7-20(8-13-23)19-38-28-6-2-1-4-22(28)11-16-26-25(29(36)37)18-33-30(34-26)35-17-3-5-27(35)21-9-14-24(32)15-10-21/h1-2,4,6-10,12-15,18,27H,3,5,11,16-17,19H2,(H,36,37). The number of aromatic carboxylic acids is 1. The molecule has 0 aliphatic carbocycles. The molecule has 0 amide bonds. The number of rotatable bonds is 9. The van der Waals surface area contributed by atoms with E-state index >= 15 is 0 Å². The number of hydrogen-bond acceptors (Lipinski definition) is 5. The van der Waals surface area contributed by atoms with Crippen LogP contribution in [0.5, 0.6) is 5.75 Å². The first-order valence-corrected chi connectivity index (χ1v) is 13.3. The van der Waals surface area contributed by atoms with Crippen molar-refractivity contribution >= 4 is 35.1 Å². The van der Waals surface area contributed by atoms with Gasteiger partial charge in [0.15, 0.2) is 0 Å². The molecule has 1 N–H and O–H groups in total. The second-order valence-electron chi connectivity index (χ2n) is 9.26. The highest BCUT2D eigenvalue weighted by molar-refractivity contribution is 6.30. The van der Waals surface area contributed by atoms with Crippen LogP contribution in [0.15, 0.2) is 79.0 Å². The molecule has 0 radical (unpaired) electrons. The fourth-order valence-corrected chi connectivity index (χ4v) is 5.05. The van der Waals surface area contributed by atoms with Gasteiger partial charge in [-0.05, 0) is 72.7 Å². The molecule has 2 heterocycles. The van der Waals surface area contributed by atoms with Crippen molar-refractivity contribution < 1.29 is 14.6 Å². The van der Waals surface area contributed by atoms with E-state index in [-0.39, 0.29) is 11.6 Å². The summed E-state index contributed by atoms with van der Waals surface area (Å²) in [6.45, 7) is 1.22. The molecule has 1 aliphatic heterocycles. The highest BCUT2D eigenvalue weighted by Crippen LogP contribution is 2.35. The summed E-state index contributed by atoms with van der Waals surface area (Å²) < 4.78 is 6.10. The number of hydrogen-bond donors (Lipinski definition) is 1. The molecule has 1 aliphatic rings. The SMILES string of the molecule is O=C(O)c1cnc(N2CCCC2c2ccc(Cl)cc2)nc1CCc1ccccc1OCc1ccc(Cl)cc1. The molecule has 5 rings (SSSR count). The molecule has 0 spiro atoms. The molecule has 6 nitrogen and oxygen atoms in total. The molecule has 3 aromatic carbocycles. The number of para-hydroxylation sites is 1. The number of anilines is 1. The minimum atomic E-state index is -1.03. The Balaban J connectivity index is 1.35. The predicted octanol–water partition coefficient (Wildman–Crippen LogP) is 7.19. The number of aromatic nitrogens is 2. The van der Waals surface area contributed by atoms with Crippen molar-refractivity contribution in [3.05, 3.63) is 117 Å². The first kappa shape index (κ1) is 26.0. The highest BCUT2D eigenvalue weighted by atomic mass is 35.5. The lowest BCUT2D eigenvalue weighted by atomic mass is 10.0. The van der Waals surface area contributed by atoms with Crippen molar-refractivity contribution in [2.24, 2.45) is 0 Å². The predicted molar refractivity (Wildman–Crippen MR) is 149 cm³/mol. The zero-order valence-electron chi connectivity index (χ0n) is 20.7. The van der Waals surface area contributed by atoms with Crippen LogP contribution in [-0.4, -0.2) is 27.6 Å². The minimum Gasteiger partial charge on any atom is -0.489 e. The maximum absolute atomic E-state index is 12.0. The number of aryl methyl sites for hydroxylation is 2. The number of benzene rings is 3. The van der Waals surface area contributed by atoms with E-state index in [9.17, 15) is 9.90 Å². The van der Waals surface area contributed by atoms with Crippen LogP contribution in [0.25, 0.3) is 0 Å². The fourth-order valence-electron chi connectivity index (χ4n) is 4.80. The van der Waals surface area contributed by atoms with Crippen LogP contribution < -0.4 is 9.64 Å². The van der Waals surface area contributed by atoms with Crippen molar-refractivity contribution in [3.8, 4) is 5.75 Å². The molecule has 1 saturated heterocycles. The molecule has 8 heteroatoms. The quantitative estimate of drug-likeness (QED) is 0.239. The Labute approximate surface area is 231 Å². The lowest BCUT2D eigenvalue weighted by Gasteiger charge is -2.25.